The number of aromatic hydroxyl groups is 1. The minimum absolute atomic E-state index is 0.0316. The number of benzene rings is 3. The standard InChI is InChI=1S/C24H24FNO4S/c25-19-12-9-17(10-13-19)5-4-8-23-24(21-14-11-18(16-27)15-22(21)28)26(31(23,29)30)20-6-2-1-3-7-20/h1-3,6-7,9-15,23-24,27-28H,4-5,8,16H2/t23-,24+/m0/s1. The molecule has 0 bridgehead atoms. The largest absolute Gasteiger partial charge is 0.508 e. The van der Waals surface area contributed by atoms with Gasteiger partial charge in [-0.05, 0) is 60.7 Å². The Bertz CT molecular complexity index is 1150. The highest BCUT2D eigenvalue weighted by Crippen LogP contribution is 2.49. The molecule has 31 heavy (non-hydrogen) atoms. The van der Waals surface area contributed by atoms with E-state index >= 15 is 0 Å². The second-order valence-corrected chi connectivity index (χ2v) is 9.76. The van der Waals surface area contributed by atoms with Crippen molar-refractivity contribution in [2.45, 2.75) is 37.2 Å². The van der Waals surface area contributed by atoms with Crippen LogP contribution in [0.5, 0.6) is 5.75 Å². The normalized spacial score (nSPS) is 19.7. The number of para-hydroxylation sites is 1. The average Bonchev–Trinajstić information content (AvgIpc) is 2.77. The van der Waals surface area contributed by atoms with E-state index in [0.717, 1.165) is 5.56 Å². The summed E-state index contributed by atoms with van der Waals surface area (Å²) in [6.07, 6.45) is 1.67. The number of phenols is 1. The van der Waals surface area contributed by atoms with Gasteiger partial charge in [0.1, 0.15) is 16.8 Å². The first kappa shape index (κ1) is 21.3. The van der Waals surface area contributed by atoms with Crippen molar-refractivity contribution in [3.8, 4) is 5.75 Å². The SMILES string of the molecule is O=S1(=O)[C@@H](CCCc2ccc(F)cc2)[C@@H](c2ccc(CO)cc2O)N1c1ccccc1. The zero-order valence-electron chi connectivity index (χ0n) is 16.9. The molecule has 7 heteroatoms. The van der Waals surface area contributed by atoms with Gasteiger partial charge < -0.3 is 10.2 Å². The van der Waals surface area contributed by atoms with Crippen LogP contribution in [-0.2, 0) is 23.1 Å². The van der Waals surface area contributed by atoms with E-state index < -0.39 is 21.3 Å². The Balaban J connectivity index is 1.61. The van der Waals surface area contributed by atoms with Gasteiger partial charge in [-0.3, -0.25) is 4.31 Å². The molecule has 0 amide bonds. The van der Waals surface area contributed by atoms with E-state index in [1.54, 1.807) is 48.5 Å². The van der Waals surface area contributed by atoms with E-state index in [4.69, 9.17) is 0 Å². The first-order valence-corrected chi connectivity index (χ1v) is 11.7. The lowest BCUT2D eigenvalue weighted by Gasteiger charge is -2.48. The molecule has 0 spiro atoms. The quantitative estimate of drug-likeness (QED) is 0.573. The lowest BCUT2D eigenvalue weighted by Crippen LogP contribution is -2.58. The molecule has 0 aromatic heterocycles. The first-order chi connectivity index (χ1) is 14.9. The van der Waals surface area contributed by atoms with Gasteiger partial charge in [-0.1, -0.05) is 42.5 Å². The molecule has 1 fully saturated rings. The molecule has 162 valence electrons. The van der Waals surface area contributed by atoms with Gasteiger partial charge in [-0.2, -0.15) is 0 Å². The van der Waals surface area contributed by atoms with Crippen molar-refractivity contribution < 1.29 is 23.0 Å². The molecule has 0 unspecified atom stereocenters. The summed E-state index contributed by atoms with van der Waals surface area (Å²) in [6.45, 7) is -0.208. The van der Waals surface area contributed by atoms with Crippen molar-refractivity contribution in [3.05, 3.63) is 95.3 Å². The number of aliphatic hydroxyl groups excluding tert-OH is 1. The molecule has 3 aromatic carbocycles. The molecule has 1 aliphatic rings. The summed E-state index contributed by atoms with van der Waals surface area (Å²) in [5.41, 5.74) is 2.57. The Morgan fingerprint density at radius 3 is 2.26 bits per heavy atom. The van der Waals surface area contributed by atoms with E-state index in [0.29, 0.717) is 36.1 Å². The lowest BCUT2D eigenvalue weighted by molar-refractivity contribution is 0.281. The number of halogens is 1. The van der Waals surface area contributed by atoms with Crippen LogP contribution >= 0.6 is 0 Å². The van der Waals surface area contributed by atoms with Gasteiger partial charge in [0.15, 0.2) is 0 Å². The van der Waals surface area contributed by atoms with E-state index in [-0.39, 0.29) is 18.2 Å². The predicted molar refractivity (Wildman–Crippen MR) is 118 cm³/mol. The molecule has 0 radical (unpaired) electrons. The van der Waals surface area contributed by atoms with Crippen LogP contribution in [0.1, 0.15) is 35.6 Å². The molecule has 1 aliphatic heterocycles. The second-order valence-electron chi connectivity index (χ2n) is 7.73. The highest BCUT2D eigenvalue weighted by molar-refractivity contribution is 7.95. The number of phenolic OH excluding ortho intramolecular Hbond substituents is 1. The van der Waals surface area contributed by atoms with Gasteiger partial charge in [0.2, 0.25) is 10.0 Å². The summed E-state index contributed by atoms with van der Waals surface area (Å²) < 4.78 is 40.9. The van der Waals surface area contributed by atoms with Crippen LogP contribution in [0, 0.1) is 5.82 Å². The van der Waals surface area contributed by atoms with Crippen molar-refractivity contribution >= 4 is 15.7 Å². The summed E-state index contributed by atoms with van der Waals surface area (Å²) in [5, 5.41) is 19.2. The summed E-state index contributed by atoms with van der Waals surface area (Å²) in [6, 6.07) is 19.4. The van der Waals surface area contributed by atoms with Crippen LogP contribution < -0.4 is 4.31 Å². The fraction of sp³-hybridized carbons (Fsp3) is 0.250. The third-order valence-electron chi connectivity index (χ3n) is 5.74. The molecular weight excluding hydrogens is 417 g/mol. The Morgan fingerprint density at radius 1 is 0.935 bits per heavy atom. The minimum atomic E-state index is -3.59. The number of sulfonamides is 1. The number of aryl methyl sites for hydroxylation is 1. The summed E-state index contributed by atoms with van der Waals surface area (Å²) in [5.74, 6) is -0.332. The maximum absolute atomic E-state index is 13.2. The maximum Gasteiger partial charge on any atom is 0.241 e. The molecular formula is C24H24FNO4S. The number of hydrogen-bond acceptors (Lipinski definition) is 4. The van der Waals surface area contributed by atoms with E-state index in [9.17, 15) is 23.0 Å². The fourth-order valence-electron chi connectivity index (χ4n) is 4.17. The molecule has 3 aromatic rings. The van der Waals surface area contributed by atoms with Crippen LogP contribution in [0.4, 0.5) is 10.1 Å². The summed E-state index contributed by atoms with van der Waals surface area (Å²) >= 11 is 0. The molecule has 1 saturated heterocycles. The lowest BCUT2D eigenvalue weighted by atomic mass is 9.95. The van der Waals surface area contributed by atoms with Crippen molar-refractivity contribution in [1.82, 2.24) is 0 Å². The van der Waals surface area contributed by atoms with E-state index in [1.807, 2.05) is 6.07 Å². The number of anilines is 1. The number of aliphatic hydroxyl groups is 1. The van der Waals surface area contributed by atoms with Crippen molar-refractivity contribution in [2.75, 3.05) is 4.31 Å². The van der Waals surface area contributed by atoms with Crippen molar-refractivity contribution in [1.29, 1.82) is 0 Å². The van der Waals surface area contributed by atoms with Crippen molar-refractivity contribution in [2.24, 2.45) is 0 Å². The maximum atomic E-state index is 13.2. The molecule has 0 aliphatic carbocycles. The molecule has 0 saturated carbocycles. The van der Waals surface area contributed by atoms with Gasteiger partial charge in [0.25, 0.3) is 0 Å². The number of nitrogens with zero attached hydrogens (tertiary/aromatic N) is 1. The van der Waals surface area contributed by atoms with Crippen LogP contribution in [0.3, 0.4) is 0 Å². The van der Waals surface area contributed by atoms with E-state index in [2.05, 4.69) is 0 Å². The van der Waals surface area contributed by atoms with Crippen LogP contribution in [0.25, 0.3) is 0 Å². The van der Waals surface area contributed by atoms with Crippen LogP contribution in [0.2, 0.25) is 0 Å². The van der Waals surface area contributed by atoms with Crippen LogP contribution in [-0.4, -0.2) is 23.9 Å². The predicted octanol–water partition coefficient (Wildman–Crippen LogP) is 4.31. The van der Waals surface area contributed by atoms with Gasteiger partial charge in [-0.25, -0.2) is 12.8 Å². The van der Waals surface area contributed by atoms with Gasteiger partial charge in [-0.15, -0.1) is 0 Å². The first-order valence-electron chi connectivity index (χ1n) is 10.2. The molecule has 5 nitrogen and oxygen atoms in total. The minimum Gasteiger partial charge on any atom is -0.508 e. The second kappa shape index (κ2) is 8.69. The highest BCUT2D eigenvalue weighted by atomic mass is 32.2. The molecule has 2 atom stereocenters. The Morgan fingerprint density at radius 2 is 1.61 bits per heavy atom. The Hall–Kier alpha value is -2.90. The average molecular weight is 442 g/mol. The van der Waals surface area contributed by atoms with Gasteiger partial charge in [0, 0.05) is 5.56 Å². The number of rotatable bonds is 7. The fourth-order valence-corrected chi connectivity index (χ4v) is 6.32. The van der Waals surface area contributed by atoms with Gasteiger partial charge in [0.05, 0.1) is 18.3 Å². The number of hydrogen-bond donors (Lipinski definition) is 2. The zero-order valence-corrected chi connectivity index (χ0v) is 17.7. The molecule has 1 heterocycles. The highest BCUT2D eigenvalue weighted by Gasteiger charge is 2.54. The Labute approximate surface area is 181 Å². The monoisotopic (exact) mass is 441 g/mol. The molecule has 2 N–H and O–H groups in total. The Kier molecular flexibility index (Phi) is 5.98. The summed E-state index contributed by atoms with van der Waals surface area (Å²) in [7, 11) is -3.59. The van der Waals surface area contributed by atoms with Crippen LogP contribution in [0.15, 0.2) is 72.8 Å². The smallest absolute Gasteiger partial charge is 0.241 e. The summed E-state index contributed by atoms with van der Waals surface area (Å²) in [4.78, 5) is 0. The van der Waals surface area contributed by atoms with Gasteiger partial charge >= 0.3 is 0 Å². The zero-order chi connectivity index (χ0) is 22.0. The van der Waals surface area contributed by atoms with Crippen molar-refractivity contribution in [3.63, 3.8) is 0 Å². The third-order valence-corrected chi connectivity index (χ3v) is 7.98. The third kappa shape index (κ3) is 4.16. The molecule has 4 rings (SSSR count). The van der Waals surface area contributed by atoms with E-state index in [1.165, 1.54) is 22.5 Å². The topological polar surface area (TPSA) is 77.8 Å².